The predicted molar refractivity (Wildman–Crippen MR) is 56.5 cm³/mol. The van der Waals surface area contributed by atoms with E-state index in [1.165, 1.54) is 0 Å². The maximum Gasteiger partial charge on any atom is 0.250 e. The predicted octanol–water partition coefficient (Wildman–Crippen LogP) is 2.02. The lowest BCUT2D eigenvalue weighted by molar-refractivity contribution is 0.632. The number of rotatable bonds is 3. The van der Waals surface area contributed by atoms with Crippen LogP contribution in [-0.2, 0) is 6.54 Å². The van der Waals surface area contributed by atoms with Crippen molar-refractivity contribution in [3.05, 3.63) is 33.2 Å². The van der Waals surface area contributed by atoms with E-state index in [9.17, 15) is 4.79 Å². The van der Waals surface area contributed by atoms with Crippen LogP contribution >= 0.6 is 15.9 Å². The molecule has 0 fully saturated rings. The second-order valence-electron chi connectivity index (χ2n) is 2.69. The fourth-order valence-electron chi connectivity index (χ4n) is 1.03. The Hall–Kier alpha value is -1.01. The third kappa shape index (κ3) is 3.08. The molecule has 0 N–H and O–H groups in total. The minimum absolute atomic E-state index is 0.0141. The first-order valence-corrected chi connectivity index (χ1v) is 4.83. The van der Waals surface area contributed by atoms with E-state index in [-0.39, 0.29) is 5.56 Å². The molecule has 0 aliphatic carbocycles. The number of hydrogen-bond acceptors (Lipinski definition) is 1. The zero-order valence-electron chi connectivity index (χ0n) is 7.16. The van der Waals surface area contributed by atoms with Crippen molar-refractivity contribution in [2.45, 2.75) is 19.4 Å². The van der Waals surface area contributed by atoms with Gasteiger partial charge in [0.05, 0.1) is 0 Å². The summed E-state index contributed by atoms with van der Waals surface area (Å²) in [6.07, 6.45) is 8.44. The Morgan fingerprint density at radius 3 is 3.00 bits per heavy atom. The standard InChI is InChI=1S/C10H10BrNO/c1-2-3-4-7-12-8-9(11)5-6-10(12)13/h1,5-6,8H,3-4,7H2. The molecular formula is C10H10BrNO. The minimum Gasteiger partial charge on any atom is -0.314 e. The van der Waals surface area contributed by atoms with Crippen molar-refractivity contribution in [1.29, 1.82) is 0 Å². The van der Waals surface area contributed by atoms with Crippen LogP contribution in [0.2, 0.25) is 0 Å². The van der Waals surface area contributed by atoms with Gasteiger partial charge in [0.25, 0.3) is 5.56 Å². The van der Waals surface area contributed by atoms with Crippen molar-refractivity contribution in [3.63, 3.8) is 0 Å². The van der Waals surface area contributed by atoms with Crippen LogP contribution in [-0.4, -0.2) is 4.57 Å². The molecule has 2 nitrogen and oxygen atoms in total. The number of aryl methyl sites for hydroxylation is 1. The molecule has 0 spiro atoms. The number of halogens is 1. The van der Waals surface area contributed by atoms with E-state index in [2.05, 4.69) is 21.9 Å². The van der Waals surface area contributed by atoms with E-state index in [4.69, 9.17) is 6.42 Å². The highest BCUT2D eigenvalue weighted by Crippen LogP contribution is 2.05. The molecule has 1 aromatic heterocycles. The van der Waals surface area contributed by atoms with Crippen LogP contribution in [0.3, 0.4) is 0 Å². The van der Waals surface area contributed by atoms with E-state index >= 15 is 0 Å². The molecule has 13 heavy (non-hydrogen) atoms. The summed E-state index contributed by atoms with van der Waals surface area (Å²) in [6, 6.07) is 3.28. The number of unbranched alkanes of at least 4 members (excludes halogenated alkanes) is 1. The van der Waals surface area contributed by atoms with Gasteiger partial charge in [-0.3, -0.25) is 4.79 Å². The minimum atomic E-state index is 0.0141. The van der Waals surface area contributed by atoms with Crippen LogP contribution in [0.25, 0.3) is 0 Å². The van der Waals surface area contributed by atoms with E-state index in [0.29, 0.717) is 13.0 Å². The van der Waals surface area contributed by atoms with Crippen LogP contribution in [0, 0.1) is 12.3 Å². The normalized spacial score (nSPS) is 9.54. The maximum atomic E-state index is 11.3. The van der Waals surface area contributed by atoms with Gasteiger partial charge in [-0.2, -0.15) is 0 Å². The van der Waals surface area contributed by atoms with Crippen molar-refractivity contribution < 1.29 is 0 Å². The molecule has 0 aromatic carbocycles. The Morgan fingerprint density at radius 1 is 1.54 bits per heavy atom. The van der Waals surface area contributed by atoms with Gasteiger partial charge < -0.3 is 4.57 Å². The van der Waals surface area contributed by atoms with Crippen LogP contribution in [0.1, 0.15) is 12.8 Å². The molecule has 0 atom stereocenters. The third-order valence-corrected chi connectivity index (χ3v) is 2.14. The van der Waals surface area contributed by atoms with E-state index in [1.807, 2.05) is 0 Å². The number of pyridine rings is 1. The summed E-state index contributed by atoms with van der Waals surface area (Å²) in [5.74, 6) is 2.54. The fourth-order valence-corrected chi connectivity index (χ4v) is 1.41. The van der Waals surface area contributed by atoms with Gasteiger partial charge >= 0.3 is 0 Å². The third-order valence-electron chi connectivity index (χ3n) is 1.67. The maximum absolute atomic E-state index is 11.3. The molecule has 1 rings (SSSR count). The molecule has 3 heteroatoms. The Balaban J connectivity index is 2.71. The second-order valence-corrected chi connectivity index (χ2v) is 3.60. The van der Waals surface area contributed by atoms with Gasteiger partial charge in [-0.25, -0.2) is 0 Å². The first-order chi connectivity index (χ1) is 6.24. The summed E-state index contributed by atoms with van der Waals surface area (Å²) in [7, 11) is 0. The molecule has 0 aliphatic rings. The lowest BCUT2D eigenvalue weighted by Gasteiger charge is -2.03. The van der Waals surface area contributed by atoms with Crippen LogP contribution in [0.15, 0.2) is 27.6 Å². The molecule has 0 aliphatic heterocycles. The quantitative estimate of drug-likeness (QED) is 0.585. The monoisotopic (exact) mass is 239 g/mol. The SMILES string of the molecule is C#CCCCn1cc(Br)ccc1=O. The van der Waals surface area contributed by atoms with Crippen LogP contribution in [0.4, 0.5) is 0 Å². The van der Waals surface area contributed by atoms with Gasteiger partial charge in [-0.05, 0) is 28.4 Å². The van der Waals surface area contributed by atoms with Gasteiger partial charge in [0.2, 0.25) is 0 Å². The van der Waals surface area contributed by atoms with Crippen molar-refractivity contribution >= 4 is 15.9 Å². The lowest BCUT2D eigenvalue weighted by Crippen LogP contribution is -2.17. The van der Waals surface area contributed by atoms with Gasteiger partial charge in [-0.15, -0.1) is 12.3 Å². The molecule has 0 unspecified atom stereocenters. The van der Waals surface area contributed by atoms with Gasteiger partial charge in [0.1, 0.15) is 0 Å². The highest BCUT2D eigenvalue weighted by Gasteiger charge is 1.95. The van der Waals surface area contributed by atoms with E-state index < -0.39 is 0 Å². The summed E-state index contributed by atoms with van der Waals surface area (Å²) in [6.45, 7) is 0.683. The molecule has 0 saturated carbocycles. The molecule has 1 aromatic rings. The molecule has 0 saturated heterocycles. The highest BCUT2D eigenvalue weighted by atomic mass is 79.9. The van der Waals surface area contributed by atoms with Crippen LogP contribution < -0.4 is 5.56 Å². The molecule has 0 bridgehead atoms. The van der Waals surface area contributed by atoms with Crippen LogP contribution in [0.5, 0.6) is 0 Å². The van der Waals surface area contributed by atoms with Gasteiger partial charge in [0.15, 0.2) is 0 Å². The van der Waals surface area contributed by atoms with E-state index in [0.717, 1.165) is 10.9 Å². The average Bonchev–Trinajstić information content (AvgIpc) is 2.11. The Bertz CT molecular complexity index is 375. The Labute approximate surface area is 85.7 Å². The Morgan fingerprint density at radius 2 is 2.31 bits per heavy atom. The zero-order chi connectivity index (χ0) is 9.68. The molecular weight excluding hydrogens is 230 g/mol. The summed E-state index contributed by atoms with van der Waals surface area (Å²) in [4.78, 5) is 11.3. The Kier molecular flexibility index (Phi) is 3.78. The molecule has 68 valence electrons. The average molecular weight is 240 g/mol. The topological polar surface area (TPSA) is 22.0 Å². The van der Waals surface area contributed by atoms with Gasteiger partial charge in [-0.1, -0.05) is 0 Å². The highest BCUT2D eigenvalue weighted by molar-refractivity contribution is 9.10. The number of hydrogen-bond donors (Lipinski definition) is 0. The van der Waals surface area contributed by atoms with E-state index in [1.54, 1.807) is 22.9 Å². The van der Waals surface area contributed by atoms with Crippen molar-refractivity contribution in [2.75, 3.05) is 0 Å². The smallest absolute Gasteiger partial charge is 0.250 e. The number of nitrogens with zero attached hydrogens (tertiary/aromatic N) is 1. The summed E-state index contributed by atoms with van der Waals surface area (Å²) < 4.78 is 2.56. The summed E-state index contributed by atoms with van der Waals surface area (Å²) in [5.41, 5.74) is 0.0141. The second kappa shape index (κ2) is 4.88. The first-order valence-electron chi connectivity index (χ1n) is 4.03. The van der Waals surface area contributed by atoms with Crippen molar-refractivity contribution in [3.8, 4) is 12.3 Å². The number of terminal acetylenes is 1. The zero-order valence-corrected chi connectivity index (χ0v) is 8.75. The summed E-state index contributed by atoms with van der Waals surface area (Å²) >= 11 is 3.31. The largest absolute Gasteiger partial charge is 0.314 e. The van der Waals surface area contributed by atoms with Crippen molar-refractivity contribution in [1.82, 2.24) is 4.57 Å². The lowest BCUT2D eigenvalue weighted by atomic mass is 10.3. The summed E-state index contributed by atoms with van der Waals surface area (Å²) in [5, 5.41) is 0. The fraction of sp³-hybridized carbons (Fsp3) is 0.300. The molecule has 0 radical (unpaired) electrons. The van der Waals surface area contributed by atoms with Gasteiger partial charge in [0, 0.05) is 29.7 Å². The van der Waals surface area contributed by atoms with Crippen molar-refractivity contribution in [2.24, 2.45) is 0 Å². The first kappa shape index (κ1) is 10.1. The molecule has 1 heterocycles. The molecule has 0 amide bonds. The number of aromatic nitrogens is 1.